The first-order valence-electron chi connectivity index (χ1n) is 18.6. The molecule has 10 heteroatoms. The second kappa shape index (κ2) is 11.8. The molecule has 5 nitrogen and oxygen atoms in total. The van der Waals surface area contributed by atoms with Crippen LogP contribution in [-0.2, 0) is 0 Å². The first-order valence-corrected chi connectivity index (χ1v) is 18.6. The molecule has 0 saturated carbocycles. The summed E-state index contributed by atoms with van der Waals surface area (Å²) in [4.78, 5) is 0. The largest absolute Gasteiger partial charge is 0.456 e. The minimum atomic E-state index is -2.28. The van der Waals surface area contributed by atoms with Crippen molar-refractivity contribution < 1.29 is 30.8 Å². The molecule has 0 aliphatic heterocycles. The van der Waals surface area contributed by atoms with Crippen molar-refractivity contribution in [1.29, 1.82) is 5.26 Å². The number of hydrogen-bond donors (Lipinski definition) is 0. The van der Waals surface area contributed by atoms with E-state index in [1.165, 1.54) is 12.1 Å². The van der Waals surface area contributed by atoms with Crippen molar-refractivity contribution in [3.63, 3.8) is 0 Å². The molecule has 0 amide bonds. The summed E-state index contributed by atoms with van der Waals surface area (Å²) in [7, 11) is 0. The predicted octanol–water partition coefficient (Wildman–Crippen LogP) is 13.9. The van der Waals surface area contributed by atoms with Gasteiger partial charge in [0, 0.05) is 37.9 Å². The Kier molecular flexibility index (Phi) is 6.66. The average Bonchev–Trinajstić information content (AvgIpc) is 4.02. The van der Waals surface area contributed by atoms with Gasteiger partial charge in [0.05, 0.1) is 49.8 Å². The fourth-order valence-electron chi connectivity index (χ4n) is 9.17. The second-order valence-electron chi connectivity index (χ2n) is 14.5. The quantitative estimate of drug-likeness (QED) is 0.102. The number of fused-ring (bicyclic) bond motifs is 14. The molecule has 8 aromatic carbocycles. The molecule has 0 N–H and O–H groups in total. The highest BCUT2D eigenvalue weighted by Crippen LogP contribution is 2.47. The van der Waals surface area contributed by atoms with E-state index in [-0.39, 0.29) is 16.8 Å². The molecule has 0 bridgehead atoms. The van der Waals surface area contributed by atoms with E-state index in [0.29, 0.717) is 60.9 Å². The fourth-order valence-corrected chi connectivity index (χ4v) is 9.17. The lowest BCUT2D eigenvalue weighted by Gasteiger charge is -2.21. The molecule has 12 aromatic rings. The third-order valence-electron chi connectivity index (χ3n) is 11.6. The van der Waals surface area contributed by atoms with Crippen LogP contribution in [0.2, 0.25) is 0 Å². The Morgan fingerprint density at radius 2 is 0.881 bits per heavy atom. The van der Waals surface area contributed by atoms with E-state index < -0.39 is 34.6 Å². The third kappa shape index (κ3) is 4.25. The van der Waals surface area contributed by atoms with Crippen LogP contribution in [0.15, 0.2) is 142 Å². The first-order chi connectivity index (χ1) is 28.9. The number of nitrogens with zero attached hydrogens (tertiary/aromatic N) is 3. The number of hydrogen-bond acceptors (Lipinski definition) is 3. The van der Waals surface area contributed by atoms with Crippen LogP contribution >= 0.6 is 0 Å². The van der Waals surface area contributed by atoms with Crippen molar-refractivity contribution in [2.75, 3.05) is 0 Å². The van der Waals surface area contributed by atoms with Gasteiger partial charge < -0.3 is 18.0 Å². The van der Waals surface area contributed by atoms with Gasteiger partial charge in [0.2, 0.25) is 5.82 Å². The number of rotatable bonds is 3. The standard InChI is InChI=1S/C49H22F5N3O2/c50-42-41(43(51)45(53)46(54)44(42)52)30-17-20-34(56-32-13-5-1-9-24(32)26-18-21-37-39(48(26)56)28-11-3-7-15-35(28)58-37)31(23-55)47(30)57-33-14-6-2-10-25(33)27-19-22-38-40(49(27)57)29-12-4-8-16-36(29)59-38/h1-22H. The smallest absolute Gasteiger partial charge is 0.200 e. The summed E-state index contributed by atoms with van der Waals surface area (Å²) in [5.74, 6) is -10.5. The number of benzene rings is 8. The minimum absolute atomic E-state index is 0.0904. The molecule has 59 heavy (non-hydrogen) atoms. The monoisotopic (exact) mass is 779 g/mol. The van der Waals surface area contributed by atoms with Gasteiger partial charge in [-0.15, -0.1) is 0 Å². The summed E-state index contributed by atoms with van der Waals surface area (Å²) < 4.78 is 93.8. The van der Waals surface area contributed by atoms with Gasteiger partial charge in [0.25, 0.3) is 0 Å². The summed E-state index contributed by atoms with van der Waals surface area (Å²) in [6.07, 6.45) is 0. The van der Waals surface area contributed by atoms with Gasteiger partial charge in [0.1, 0.15) is 34.0 Å². The lowest BCUT2D eigenvalue weighted by atomic mass is 9.96. The minimum Gasteiger partial charge on any atom is -0.456 e. The Labute approximate surface area is 328 Å². The molecular formula is C49H22F5N3O2. The molecule has 0 radical (unpaired) electrons. The molecule has 4 aromatic heterocycles. The third-order valence-corrected chi connectivity index (χ3v) is 11.6. The van der Waals surface area contributed by atoms with E-state index in [2.05, 4.69) is 6.07 Å². The molecule has 0 aliphatic rings. The van der Waals surface area contributed by atoms with Gasteiger partial charge in [-0.2, -0.15) is 5.26 Å². The van der Waals surface area contributed by atoms with E-state index in [1.54, 1.807) is 16.7 Å². The highest BCUT2D eigenvalue weighted by molar-refractivity contribution is 6.26. The second-order valence-corrected chi connectivity index (χ2v) is 14.5. The lowest BCUT2D eigenvalue weighted by Crippen LogP contribution is -2.10. The maximum Gasteiger partial charge on any atom is 0.200 e. The number of nitriles is 1. The Morgan fingerprint density at radius 1 is 0.424 bits per heavy atom. The zero-order chi connectivity index (χ0) is 39.8. The summed E-state index contributed by atoms with van der Waals surface area (Å²) in [6, 6.07) is 42.7. The van der Waals surface area contributed by atoms with Crippen molar-refractivity contribution in [1.82, 2.24) is 9.13 Å². The molecule has 0 unspecified atom stereocenters. The van der Waals surface area contributed by atoms with Gasteiger partial charge >= 0.3 is 0 Å². The molecular weight excluding hydrogens is 758 g/mol. The van der Waals surface area contributed by atoms with E-state index in [1.807, 2.05) is 114 Å². The van der Waals surface area contributed by atoms with Crippen LogP contribution in [-0.4, -0.2) is 9.13 Å². The summed E-state index contributed by atoms with van der Waals surface area (Å²) in [5, 5.41) is 17.6. The van der Waals surface area contributed by atoms with E-state index in [4.69, 9.17) is 8.83 Å². The molecule has 4 heterocycles. The van der Waals surface area contributed by atoms with Gasteiger partial charge in [-0.05, 0) is 60.7 Å². The molecule has 0 atom stereocenters. The fraction of sp³-hybridized carbons (Fsp3) is 0. The van der Waals surface area contributed by atoms with Crippen molar-refractivity contribution in [2.24, 2.45) is 0 Å². The molecule has 0 aliphatic carbocycles. The first kappa shape index (κ1) is 33.3. The Morgan fingerprint density at radius 3 is 1.42 bits per heavy atom. The maximum atomic E-state index is 16.2. The van der Waals surface area contributed by atoms with E-state index in [9.17, 15) is 9.65 Å². The normalized spacial score (nSPS) is 12.1. The van der Waals surface area contributed by atoms with Crippen LogP contribution in [0.1, 0.15) is 5.56 Å². The number of furan rings is 2. The lowest BCUT2D eigenvalue weighted by molar-refractivity contribution is 0.381. The van der Waals surface area contributed by atoms with Crippen LogP contribution < -0.4 is 0 Å². The van der Waals surface area contributed by atoms with E-state index in [0.717, 1.165) is 32.3 Å². The summed E-state index contributed by atoms with van der Waals surface area (Å²) in [5.41, 5.74) is 3.31. The Hall–Kier alpha value is -7.90. The van der Waals surface area contributed by atoms with Crippen LogP contribution in [0.4, 0.5) is 22.0 Å². The van der Waals surface area contributed by atoms with Crippen molar-refractivity contribution in [3.8, 4) is 28.6 Å². The zero-order valence-electron chi connectivity index (χ0n) is 30.2. The predicted molar refractivity (Wildman–Crippen MR) is 220 cm³/mol. The Balaban J connectivity index is 1.34. The van der Waals surface area contributed by atoms with Gasteiger partial charge in [-0.3, -0.25) is 0 Å². The van der Waals surface area contributed by atoms with Crippen molar-refractivity contribution in [2.45, 2.75) is 0 Å². The summed E-state index contributed by atoms with van der Waals surface area (Å²) in [6.45, 7) is 0. The van der Waals surface area contributed by atoms with Crippen molar-refractivity contribution >= 4 is 87.5 Å². The van der Waals surface area contributed by atoms with Crippen LogP contribution in [0, 0.1) is 40.4 Å². The topological polar surface area (TPSA) is 59.9 Å². The highest BCUT2D eigenvalue weighted by Gasteiger charge is 2.32. The Bertz CT molecular complexity index is 3850. The van der Waals surface area contributed by atoms with Crippen molar-refractivity contribution in [3.05, 3.63) is 168 Å². The van der Waals surface area contributed by atoms with Crippen LogP contribution in [0.3, 0.4) is 0 Å². The molecule has 0 spiro atoms. The van der Waals surface area contributed by atoms with Gasteiger partial charge in [-0.1, -0.05) is 72.8 Å². The maximum absolute atomic E-state index is 16.2. The van der Waals surface area contributed by atoms with E-state index >= 15 is 17.6 Å². The van der Waals surface area contributed by atoms with Crippen LogP contribution in [0.25, 0.3) is 110 Å². The molecule has 12 rings (SSSR count). The van der Waals surface area contributed by atoms with Crippen LogP contribution in [0.5, 0.6) is 0 Å². The number of aromatic nitrogens is 2. The number of para-hydroxylation sites is 4. The molecule has 280 valence electrons. The number of halogens is 5. The average molecular weight is 780 g/mol. The summed E-state index contributed by atoms with van der Waals surface area (Å²) >= 11 is 0. The SMILES string of the molecule is N#Cc1c(-n2c3ccccc3c3ccc4oc5ccccc5c4c32)ccc(-c2c(F)c(F)c(F)c(F)c2F)c1-n1c2ccccc2c2ccc3oc4ccccc4c3c21. The molecule has 0 fully saturated rings. The zero-order valence-corrected chi connectivity index (χ0v) is 30.2. The van der Waals surface area contributed by atoms with Gasteiger partial charge in [0.15, 0.2) is 23.3 Å². The molecule has 0 saturated heterocycles. The highest BCUT2D eigenvalue weighted by atomic mass is 19.2. The van der Waals surface area contributed by atoms with Gasteiger partial charge in [-0.25, -0.2) is 22.0 Å².